The van der Waals surface area contributed by atoms with E-state index in [0.717, 1.165) is 5.56 Å². The number of hydrogen-bond acceptors (Lipinski definition) is 1. The van der Waals surface area contributed by atoms with Gasteiger partial charge in [0.2, 0.25) is 0 Å². The van der Waals surface area contributed by atoms with Crippen molar-refractivity contribution in [1.29, 1.82) is 0 Å². The predicted molar refractivity (Wildman–Crippen MR) is 70.6 cm³/mol. The van der Waals surface area contributed by atoms with Crippen molar-refractivity contribution in [2.24, 2.45) is 0 Å². The zero-order valence-electron chi connectivity index (χ0n) is 11.5. The van der Waals surface area contributed by atoms with Crippen LogP contribution in [0.5, 0.6) is 0 Å². The first kappa shape index (κ1) is 14.0. The Morgan fingerprint density at radius 2 is 1.74 bits per heavy atom. The topological polar surface area (TPSA) is 29.1 Å². The van der Waals surface area contributed by atoms with Gasteiger partial charge in [0.25, 0.3) is 11.8 Å². The summed E-state index contributed by atoms with van der Waals surface area (Å²) in [5, 5.41) is 2.63. The van der Waals surface area contributed by atoms with Gasteiger partial charge in [0.15, 0.2) is 0 Å². The molecule has 4 heteroatoms. The molecule has 1 fully saturated rings. The zero-order chi connectivity index (χ0) is 14.3. The second-order valence-corrected chi connectivity index (χ2v) is 6.26. The van der Waals surface area contributed by atoms with Crippen LogP contribution in [0.25, 0.3) is 0 Å². The molecule has 0 bridgehead atoms. The summed E-state index contributed by atoms with van der Waals surface area (Å²) in [6, 6.07) is 6.90. The maximum Gasteiger partial charge on any atom is 0.252 e. The molecular formula is C15H19F2NO. The van der Waals surface area contributed by atoms with E-state index in [1.807, 2.05) is 12.1 Å². The van der Waals surface area contributed by atoms with Gasteiger partial charge in [0.1, 0.15) is 0 Å². The van der Waals surface area contributed by atoms with Gasteiger partial charge in [-0.2, -0.15) is 0 Å². The number of nitrogens with one attached hydrogen (secondary N) is 1. The highest BCUT2D eigenvalue weighted by atomic mass is 19.3. The number of hydrogen-bond donors (Lipinski definition) is 1. The Morgan fingerprint density at radius 3 is 2.16 bits per heavy atom. The van der Waals surface area contributed by atoms with Crippen LogP contribution in [-0.4, -0.2) is 17.9 Å². The van der Waals surface area contributed by atoms with Crippen molar-refractivity contribution in [3.63, 3.8) is 0 Å². The summed E-state index contributed by atoms with van der Waals surface area (Å²) in [4.78, 5) is 11.9. The third-order valence-corrected chi connectivity index (χ3v) is 3.44. The minimum Gasteiger partial charge on any atom is -0.349 e. The lowest BCUT2D eigenvalue weighted by atomic mass is 9.86. The van der Waals surface area contributed by atoms with E-state index in [9.17, 15) is 13.6 Å². The number of rotatable bonds is 2. The van der Waals surface area contributed by atoms with Gasteiger partial charge < -0.3 is 5.32 Å². The Morgan fingerprint density at radius 1 is 1.21 bits per heavy atom. The highest BCUT2D eigenvalue weighted by Crippen LogP contribution is 2.37. The summed E-state index contributed by atoms with van der Waals surface area (Å²) in [5.41, 5.74) is 1.69. The lowest BCUT2D eigenvalue weighted by Gasteiger charge is -2.35. The van der Waals surface area contributed by atoms with E-state index in [1.54, 1.807) is 12.1 Å². The van der Waals surface area contributed by atoms with Crippen LogP contribution < -0.4 is 5.32 Å². The molecule has 1 saturated carbocycles. The van der Waals surface area contributed by atoms with Crippen molar-refractivity contribution in [1.82, 2.24) is 5.32 Å². The standard InChI is InChI=1S/C15H19F2NO/c1-14(2,3)11-6-4-10(5-7-11)13(19)18-12-8-15(16,17)9-12/h4-7,12H,8-9H2,1-3H3,(H,18,19). The molecule has 0 radical (unpaired) electrons. The maximum atomic E-state index is 12.7. The van der Waals surface area contributed by atoms with Gasteiger partial charge in [-0.05, 0) is 23.1 Å². The third-order valence-electron chi connectivity index (χ3n) is 3.44. The Bertz CT molecular complexity index is 466. The van der Waals surface area contributed by atoms with Crippen molar-refractivity contribution in [2.75, 3.05) is 0 Å². The molecule has 1 aromatic rings. The molecule has 0 atom stereocenters. The van der Waals surface area contributed by atoms with E-state index in [-0.39, 0.29) is 24.2 Å². The highest BCUT2D eigenvalue weighted by molar-refractivity contribution is 5.94. The average molecular weight is 267 g/mol. The minimum atomic E-state index is -2.60. The molecule has 1 aliphatic rings. The van der Waals surface area contributed by atoms with Crippen LogP contribution in [-0.2, 0) is 5.41 Å². The van der Waals surface area contributed by atoms with Crippen LogP contribution in [0.3, 0.4) is 0 Å². The van der Waals surface area contributed by atoms with E-state index >= 15 is 0 Å². The van der Waals surface area contributed by atoms with Crippen LogP contribution in [0.2, 0.25) is 0 Å². The van der Waals surface area contributed by atoms with Crippen molar-refractivity contribution >= 4 is 5.91 Å². The quantitative estimate of drug-likeness (QED) is 0.873. The molecule has 1 amide bonds. The van der Waals surface area contributed by atoms with E-state index < -0.39 is 12.0 Å². The molecule has 1 aromatic carbocycles. The molecule has 1 aliphatic carbocycles. The Kier molecular flexibility index (Phi) is 3.37. The molecule has 0 saturated heterocycles. The summed E-state index contributed by atoms with van der Waals surface area (Å²) in [5.74, 6) is -2.88. The number of carbonyl (C=O) groups excluding carboxylic acids is 1. The van der Waals surface area contributed by atoms with E-state index in [1.165, 1.54) is 0 Å². The van der Waals surface area contributed by atoms with Gasteiger partial charge in [-0.15, -0.1) is 0 Å². The third kappa shape index (κ3) is 3.31. The predicted octanol–water partition coefficient (Wildman–Crippen LogP) is 3.51. The Labute approximate surface area is 112 Å². The van der Waals surface area contributed by atoms with Crippen LogP contribution in [0.15, 0.2) is 24.3 Å². The molecule has 1 N–H and O–H groups in total. The van der Waals surface area contributed by atoms with Crippen molar-refractivity contribution in [3.05, 3.63) is 35.4 Å². The highest BCUT2D eigenvalue weighted by Gasteiger charge is 2.45. The fourth-order valence-corrected chi connectivity index (χ4v) is 2.15. The first-order valence-electron chi connectivity index (χ1n) is 6.47. The van der Waals surface area contributed by atoms with Crippen LogP contribution in [0.4, 0.5) is 8.78 Å². The largest absolute Gasteiger partial charge is 0.349 e. The van der Waals surface area contributed by atoms with Crippen molar-refractivity contribution in [3.8, 4) is 0 Å². The number of halogens is 2. The fraction of sp³-hybridized carbons (Fsp3) is 0.533. The molecule has 0 unspecified atom stereocenters. The number of benzene rings is 1. The van der Waals surface area contributed by atoms with Gasteiger partial charge in [-0.3, -0.25) is 4.79 Å². The number of amides is 1. The van der Waals surface area contributed by atoms with Crippen molar-refractivity contribution in [2.45, 2.75) is 51.0 Å². The number of carbonyl (C=O) groups is 1. The SMILES string of the molecule is CC(C)(C)c1ccc(C(=O)NC2CC(F)(F)C2)cc1. The Balaban J connectivity index is 1.97. The molecule has 104 valence electrons. The van der Waals surface area contributed by atoms with Gasteiger partial charge in [0, 0.05) is 24.4 Å². The number of alkyl halides is 2. The van der Waals surface area contributed by atoms with Gasteiger partial charge >= 0.3 is 0 Å². The molecule has 0 aliphatic heterocycles. The van der Waals surface area contributed by atoms with Gasteiger partial charge in [0.05, 0.1) is 0 Å². The molecule has 0 heterocycles. The second kappa shape index (κ2) is 4.58. The zero-order valence-corrected chi connectivity index (χ0v) is 11.5. The maximum absolute atomic E-state index is 12.7. The van der Waals surface area contributed by atoms with E-state index in [0.29, 0.717) is 5.56 Å². The van der Waals surface area contributed by atoms with Crippen LogP contribution in [0, 0.1) is 0 Å². The lowest BCUT2D eigenvalue weighted by molar-refractivity contribution is -0.0901. The summed E-state index contributed by atoms with van der Waals surface area (Å²) in [6.07, 6.45) is -0.502. The lowest BCUT2D eigenvalue weighted by Crippen LogP contribution is -2.50. The second-order valence-electron chi connectivity index (χ2n) is 6.26. The molecule has 0 aromatic heterocycles. The Hall–Kier alpha value is -1.45. The van der Waals surface area contributed by atoms with Crippen LogP contribution in [0.1, 0.15) is 49.5 Å². The smallest absolute Gasteiger partial charge is 0.252 e. The normalized spacial score (nSPS) is 18.8. The van der Waals surface area contributed by atoms with Crippen molar-refractivity contribution < 1.29 is 13.6 Å². The first-order valence-corrected chi connectivity index (χ1v) is 6.47. The summed E-state index contributed by atoms with van der Waals surface area (Å²) in [6.45, 7) is 6.29. The fourth-order valence-electron chi connectivity index (χ4n) is 2.15. The average Bonchev–Trinajstić information content (AvgIpc) is 2.25. The minimum absolute atomic E-state index is 0.0328. The van der Waals surface area contributed by atoms with Gasteiger partial charge in [-0.1, -0.05) is 32.9 Å². The molecule has 2 rings (SSSR count). The summed E-state index contributed by atoms with van der Waals surface area (Å²) < 4.78 is 25.3. The summed E-state index contributed by atoms with van der Waals surface area (Å²) >= 11 is 0. The molecule has 2 nitrogen and oxygen atoms in total. The monoisotopic (exact) mass is 267 g/mol. The van der Waals surface area contributed by atoms with Gasteiger partial charge in [-0.25, -0.2) is 8.78 Å². The van der Waals surface area contributed by atoms with E-state index in [4.69, 9.17) is 0 Å². The molecular weight excluding hydrogens is 248 g/mol. The molecule has 19 heavy (non-hydrogen) atoms. The van der Waals surface area contributed by atoms with Crippen LogP contribution >= 0.6 is 0 Å². The van der Waals surface area contributed by atoms with E-state index in [2.05, 4.69) is 26.1 Å². The first-order chi connectivity index (χ1) is 8.67. The summed E-state index contributed by atoms with van der Waals surface area (Å²) in [7, 11) is 0. The molecule has 0 spiro atoms.